The van der Waals surface area contributed by atoms with Gasteiger partial charge < -0.3 is 4.90 Å². The molecule has 1 atom stereocenters. The van der Waals surface area contributed by atoms with Crippen LogP contribution >= 0.6 is 27.5 Å². The van der Waals surface area contributed by atoms with Crippen molar-refractivity contribution < 1.29 is 0 Å². The van der Waals surface area contributed by atoms with Gasteiger partial charge in [0.2, 0.25) is 0 Å². The minimum Gasteiger partial charge on any atom is -0.306 e. The van der Waals surface area contributed by atoms with Crippen LogP contribution in [0.4, 0.5) is 0 Å². The van der Waals surface area contributed by atoms with Gasteiger partial charge in [0.05, 0.1) is 5.69 Å². The number of halogens is 2. The summed E-state index contributed by atoms with van der Waals surface area (Å²) < 4.78 is 1.03. The molecule has 1 saturated heterocycles. The summed E-state index contributed by atoms with van der Waals surface area (Å²) in [6.07, 6.45) is 8.71. The summed E-state index contributed by atoms with van der Waals surface area (Å²) in [4.78, 5) is 7.25. The van der Waals surface area contributed by atoms with Crippen LogP contribution in [0.1, 0.15) is 41.1 Å². The first-order valence-electron chi connectivity index (χ1n) is 8.43. The fourth-order valence-electron chi connectivity index (χ4n) is 4.00. The molecule has 0 spiro atoms. The van der Waals surface area contributed by atoms with Crippen LogP contribution in [0, 0.1) is 5.92 Å². The van der Waals surface area contributed by atoms with E-state index in [0.29, 0.717) is 11.8 Å². The van der Waals surface area contributed by atoms with E-state index in [1.165, 1.54) is 35.2 Å². The Bertz CT molecular complexity index is 739. The van der Waals surface area contributed by atoms with E-state index in [4.69, 9.17) is 16.6 Å². The van der Waals surface area contributed by atoms with Crippen molar-refractivity contribution in [3.8, 4) is 0 Å². The van der Waals surface area contributed by atoms with Gasteiger partial charge in [-0.05, 0) is 89.7 Å². The molecule has 0 bridgehead atoms. The van der Waals surface area contributed by atoms with Crippen molar-refractivity contribution in [2.45, 2.75) is 18.8 Å². The van der Waals surface area contributed by atoms with Crippen LogP contribution in [0.15, 0.2) is 34.9 Å². The second kappa shape index (κ2) is 6.62. The SMILES string of the molecule is CN1CCC(C2c3ccc(Cl)cc3C=Cc3cc(Br)cnc32)CC1. The van der Waals surface area contributed by atoms with Gasteiger partial charge in [-0.3, -0.25) is 4.98 Å². The van der Waals surface area contributed by atoms with Gasteiger partial charge in [-0.2, -0.15) is 0 Å². The summed E-state index contributed by atoms with van der Waals surface area (Å²) in [5.74, 6) is 0.956. The second-order valence-electron chi connectivity index (χ2n) is 6.85. The Morgan fingerprint density at radius 1 is 1.12 bits per heavy atom. The first-order valence-corrected chi connectivity index (χ1v) is 9.60. The number of benzene rings is 1. The molecule has 2 nitrogen and oxygen atoms in total. The van der Waals surface area contributed by atoms with Gasteiger partial charge in [-0.15, -0.1) is 0 Å². The highest BCUT2D eigenvalue weighted by molar-refractivity contribution is 9.10. The van der Waals surface area contributed by atoms with Crippen LogP contribution in [0.25, 0.3) is 12.2 Å². The number of likely N-dealkylation sites (tertiary alicyclic amines) is 1. The van der Waals surface area contributed by atoms with Gasteiger partial charge in [0.1, 0.15) is 0 Å². The Labute approximate surface area is 156 Å². The zero-order valence-corrected chi connectivity index (χ0v) is 16.0. The molecule has 0 saturated carbocycles. The van der Waals surface area contributed by atoms with E-state index in [2.05, 4.69) is 58.2 Å². The molecule has 1 aliphatic carbocycles. The lowest BCUT2D eigenvalue weighted by molar-refractivity contribution is 0.206. The Hall–Kier alpha value is -1.16. The van der Waals surface area contributed by atoms with Crippen molar-refractivity contribution in [3.63, 3.8) is 0 Å². The number of fused-ring (bicyclic) bond motifs is 2. The predicted molar refractivity (Wildman–Crippen MR) is 104 cm³/mol. The van der Waals surface area contributed by atoms with Gasteiger partial charge in [-0.25, -0.2) is 0 Å². The maximum atomic E-state index is 6.26. The van der Waals surface area contributed by atoms with E-state index < -0.39 is 0 Å². The van der Waals surface area contributed by atoms with Crippen molar-refractivity contribution in [2.24, 2.45) is 5.92 Å². The molecule has 1 fully saturated rings. The van der Waals surface area contributed by atoms with Gasteiger partial charge in [0.15, 0.2) is 0 Å². The summed E-state index contributed by atoms with van der Waals surface area (Å²) in [6.45, 7) is 2.31. The number of piperidine rings is 1. The van der Waals surface area contributed by atoms with Gasteiger partial charge in [0, 0.05) is 21.6 Å². The third-order valence-corrected chi connectivity index (χ3v) is 5.94. The highest BCUT2D eigenvalue weighted by Gasteiger charge is 2.32. The fourth-order valence-corrected chi connectivity index (χ4v) is 4.53. The third kappa shape index (κ3) is 3.05. The first-order chi connectivity index (χ1) is 11.6. The smallest absolute Gasteiger partial charge is 0.0554 e. The molecule has 2 heterocycles. The van der Waals surface area contributed by atoms with Crippen LogP contribution in [0.2, 0.25) is 5.02 Å². The number of hydrogen-bond donors (Lipinski definition) is 0. The topological polar surface area (TPSA) is 16.1 Å². The molecule has 124 valence electrons. The van der Waals surface area contributed by atoms with Crippen molar-refractivity contribution in [3.05, 3.63) is 62.3 Å². The fraction of sp³-hybridized carbons (Fsp3) is 0.350. The summed E-state index contributed by atoms with van der Waals surface area (Å²) in [5.41, 5.74) is 4.99. The Morgan fingerprint density at radius 3 is 2.67 bits per heavy atom. The number of hydrogen-bond acceptors (Lipinski definition) is 2. The number of nitrogens with zero attached hydrogens (tertiary/aromatic N) is 2. The Kier molecular flexibility index (Phi) is 4.50. The summed E-state index contributed by atoms with van der Waals surface area (Å²) in [7, 11) is 2.21. The Balaban J connectivity index is 1.85. The quantitative estimate of drug-likeness (QED) is 0.629. The molecule has 0 N–H and O–H groups in total. The molecular formula is C20H20BrClN2. The van der Waals surface area contributed by atoms with E-state index in [1.54, 1.807) is 0 Å². The molecule has 24 heavy (non-hydrogen) atoms. The van der Waals surface area contributed by atoms with Crippen molar-refractivity contribution in [1.82, 2.24) is 9.88 Å². The van der Waals surface area contributed by atoms with Crippen LogP contribution in [-0.2, 0) is 0 Å². The van der Waals surface area contributed by atoms with E-state index in [-0.39, 0.29) is 0 Å². The van der Waals surface area contributed by atoms with Crippen LogP contribution < -0.4 is 0 Å². The van der Waals surface area contributed by atoms with E-state index in [1.807, 2.05) is 12.3 Å². The Morgan fingerprint density at radius 2 is 1.88 bits per heavy atom. The average molecular weight is 404 g/mol. The van der Waals surface area contributed by atoms with E-state index >= 15 is 0 Å². The first kappa shape index (κ1) is 16.3. The van der Waals surface area contributed by atoms with E-state index in [9.17, 15) is 0 Å². The number of aromatic nitrogens is 1. The molecule has 4 heteroatoms. The number of pyridine rings is 1. The predicted octanol–water partition coefficient (Wildman–Crippen LogP) is 5.46. The second-order valence-corrected chi connectivity index (χ2v) is 8.21. The normalized spacial score (nSPS) is 21.2. The monoisotopic (exact) mass is 402 g/mol. The summed E-state index contributed by atoms with van der Waals surface area (Å²) in [6, 6.07) is 8.47. The molecule has 4 rings (SSSR count). The minimum absolute atomic E-state index is 0.337. The van der Waals surface area contributed by atoms with Crippen molar-refractivity contribution in [2.75, 3.05) is 20.1 Å². The van der Waals surface area contributed by atoms with E-state index in [0.717, 1.165) is 22.6 Å². The molecular weight excluding hydrogens is 384 g/mol. The third-order valence-electron chi connectivity index (χ3n) is 5.27. The zero-order valence-electron chi connectivity index (χ0n) is 13.7. The lowest BCUT2D eigenvalue weighted by atomic mass is 9.76. The summed E-state index contributed by atoms with van der Waals surface area (Å²) >= 11 is 9.82. The summed E-state index contributed by atoms with van der Waals surface area (Å²) in [5, 5.41) is 0.792. The van der Waals surface area contributed by atoms with Crippen LogP contribution in [0.3, 0.4) is 0 Å². The molecule has 0 radical (unpaired) electrons. The number of rotatable bonds is 1. The largest absolute Gasteiger partial charge is 0.306 e. The zero-order chi connectivity index (χ0) is 16.7. The van der Waals surface area contributed by atoms with Crippen LogP contribution in [0.5, 0.6) is 0 Å². The maximum Gasteiger partial charge on any atom is 0.0554 e. The average Bonchev–Trinajstić information content (AvgIpc) is 2.72. The van der Waals surface area contributed by atoms with Gasteiger partial charge in [0.25, 0.3) is 0 Å². The van der Waals surface area contributed by atoms with Crippen molar-refractivity contribution in [1.29, 1.82) is 0 Å². The molecule has 1 aromatic heterocycles. The molecule has 0 amide bonds. The minimum atomic E-state index is 0.337. The molecule has 1 aliphatic heterocycles. The van der Waals surface area contributed by atoms with Crippen molar-refractivity contribution >= 4 is 39.7 Å². The van der Waals surface area contributed by atoms with Gasteiger partial charge in [-0.1, -0.05) is 29.8 Å². The maximum absolute atomic E-state index is 6.26. The molecule has 2 aliphatic rings. The lowest BCUT2D eigenvalue weighted by Crippen LogP contribution is -2.33. The van der Waals surface area contributed by atoms with Gasteiger partial charge >= 0.3 is 0 Å². The molecule has 1 aromatic carbocycles. The lowest BCUT2D eigenvalue weighted by Gasteiger charge is -2.35. The van der Waals surface area contributed by atoms with Crippen LogP contribution in [-0.4, -0.2) is 30.0 Å². The highest BCUT2D eigenvalue weighted by atomic mass is 79.9. The molecule has 2 aromatic rings. The molecule has 1 unspecified atom stereocenters. The highest BCUT2D eigenvalue weighted by Crippen LogP contribution is 2.43. The standard InChI is InChI=1S/C20H20BrClN2/c1-24-8-6-13(7-9-24)19-18-5-4-17(22)11-14(18)2-3-15-10-16(21)12-23-20(15)19/h2-5,10-13,19H,6-9H2,1H3.